The lowest BCUT2D eigenvalue weighted by atomic mass is 10.0. The molecule has 3 aromatic rings. The number of pyridine rings is 1. The van der Waals surface area contributed by atoms with Gasteiger partial charge in [-0.15, -0.1) is 11.8 Å². The smallest absolute Gasteiger partial charge is 0.259 e. The number of aromatic nitrogens is 2. The second-order valence-electron chi connectivity index (χ2n) is 5.90. The molecule has 1 aliphatic rings. The number of carbonyl (C=O) groups is 1. The van der Waals surface area contributed by atoms with Crippen LogP contribution in [0.2, 0.25) is 0 Å². The minimum Gasteiger partial charge on any atom is -0.336 e. The highest BCUT2D eigenvalue weighted by molar-refractivity contribution is 7.98. The predicted octanol–water partition coefficient (Wildman–Crippen LogP) is 3.99. The largest absolute Gasteiger partial charge is 0.336 e. The molecule has 2 heterocycles. The third-order valence-electron chi connectivity index (χ3n) is 4.38. The van der Waals surface area contributed by atoms with E-state index in [1.165, 1.54) is 0 Å². The number of thioether (sulfide) groups is 1. The summed E-state index contributed by atoms with van der Waals surface area (Å²) in [5.41, 5.74) is 4.61. The van der Waals surface area contributed by atoms with Gasteiger partial charge in [0.05, 0.1) is 16.6 Å². The molecule has 24 heavy (non-hydrogen) atoms. The Morgan fingerprint density at radius 3 is 3.04 bits per heavy atom. The molecule has 0 saturated carbocycles. The fourth-order valence-electron chi connectivity index (χ4n) is 3.26. The van der Waals surface area contributed by atoms with E-state index in [0.29, 0.717) is 17.0 Å². The molecule has 0 radical (unpaired) electrons. The summed E-state index contributed by atoms with van der Waals surface area (Å²) >= 11 is 1.65. The molecule has 0 fully saturated rings. The quantitative estimate of drug-likeness (QED) is 0.731. The van der Waals surface area contributed by atoms with Gasteiger partial charge in [0, 0.05) is 16.3 Å². The number of nitrogens with one attached hydrogen (secondary N) is 1. The zero-order valence-corrected chi connectivity index (χ0v) is 14.4. The van der Waals surface area contributed by atoms with Crippen molar-refractivity contribution in [1.82, 2.24) is 10.1 Å². The first-order valence-electron chi connectivity index (χ1n) is 7.90. The van der Waals surface area contributed by atoms with E-state index < -0.39 is 0 Å². The van der Waals surface area contributed by atoms with Gasteiger partial charge in [0.2, 0.25) is 0 Å². The zero-order valence-electron chi connectivity index (χ0n) is 13.5. The van der Waals surface area contributed by atoms with Crippen LogP contribution in [-0.4, -0.2) is 22.3 Å². The second-order valence-corrected chi connectivity index (χ2v) is 6.78. The average Bonchev–Trinajstić information content (AvgIpc) is 3.20. The van der Waals surface area contributed by atoms with Gasteiger partial charge in [-0.25, -0.2) is 4.98 Å². The molecule has 1 N–H and O–H groups in total. The van der Waals surface area contributed by atoms with Crippen LogP contribution >= 0.6 is 11.8 Å². The number of anilines is 1. The number of carbonyl (C=O) groups excluding carboxylic acids is 1. The molecule has 1 amide bonds. The van der Waals surface area contributed by atoms with Crippen molar-refractivity contribution in [3.63, 3.8) is 0 Å². The molecule has 2 aromatic heterocycles. The van der Waals surface area contributed by atoms with Gasteiger partial charge in [-0.2, -0.15) is 0 Å². The SMILES string of the molecule is CSc1cccc(NC(=O)c2c3c(nc4onc(C)c24)CCC3)c1. The first kappa shape index (κ1) is 15.2. The molecule has 0 spiro atoms. The zero-order chi connectivity index (χ0) is 16.7. The van der Waals surface area contributed by atoms with Crippen molar-refractivity contribution in [1.29, 1.82) is 0 Å². The maximum Gasteiger partial charge on any atom is 0.259 e. The molecule has 0 saturated heterocycles. The van der Waals surface area contributed by atoms with Gasteiger partial charge in [-0.05, 0) is 56.2 Å². The third kappa shape index (κ3) is 2.47. The van der Waals surface area contributed by atoms with E-state index in [0.717, 1.165) is 46.5 Å². The molecule has 6 heteroatoms. The minimum atomic E-state index is -0.120. The molecule has 1 aromatic carbocycles. The van der Waals surface area contributed by atoms with Gasteiger partial charge in [0.25, 0.3) is 11.6 Å². The molecule has 0 bridgehead atoms. The number of hydrogen-bond donors (Lipinski definition) is 1. The van der Waals surface area contributed by atoms with E-state index in [1.807, 2.05) is 37.4 Å². The monoisotopic (exact) mass is 339 g/mol. The van der Waals surface area contributed by atoms with E-state index in [1.54, 1.807) is 11.8 Å². The number of benzene rings is 1. The van der Waals surface area contributed by atoms with Crippen molar-refractivity contribution in [2.45, 2.75) is 31.1 Å². The van der Waals surface area contributed by atoms with Crippen LogP contribution in [0.25, 0.3) is 11.1 Å². The van der Waals surface area contributed by atoms with Crippen LogP contribution in [-0.2, 0) is 12.8 Å². The van der Waals surface area contributed by atoms with Gasteiger partial charge in [-0.1, -0.05) is 11.2 Å². The van der Waals surface area contributed by atoms with Crippen LogP contribution in [0.4, 0.5) is 5.69 Å². The van der Waals surface area contributed by atoms with E-state index >= 15 is 0 Å². The molecule has 122 valence electrons. The summed E-state index contributed by atoms with van der Waals surface area (Å²) in [7, 11) is 0. The number of nitrogens with zero attached hydrogens (tertiary/aromatic N) is 2. The van der Waals surface area contributed by atoms with Crippen molar-refractivity contribution in [2.24, 2.45) is 0 Å². The van der Waals surface area contributed by atoms with Crippen molar-refractivity contribution in [3.05, 3.63) is 46.8 Å². The van der Waals surface area contributed by atoms with Gasteiger partial charge >= 0.3 is 0 Å². The van der Waals surface area contributed by atoms with Crippen LogP contribution in [0.3, 0.4) is 0 Å². The number of amides is 1. The van der Waals surface area contributed by atoms with Gasteiger partial charge < -0.3 is 9.84 Å². The Balaban J connectivity index is 1.80. The topological polar surface area (TPSA) is 68.0 Å². The molecule has 1 aliphatic carbocycles. The van der Waals surface area contributed by atoms with Crippen LogP contribution in [0.15, 0.2) is 33.7 Å². The van der Waals surface area contributed by atoms with Crippen LogP contribution in [0.1, 0.15) is 33.7 Å². The standard InChI is InChI=1S/C18H17N3O2S/c1-10-15-16(13-7-4-8-14(13)20-18(15)23-21-10)17(22)19-11-5-3-6-12(9-11)24-2/h3,5-6,9H,4,7-8H2,1-2H3,(H,19,22). The average molecular weight is 339 g/mol. The molecule has 0 aliphatic heterocycles. The predicted molar refractivity (Wildman–Crippen MR) is 94.7 cm³/mol. The highest BCUT2D eigenvalue weighted by Gasteiger charge is 2.27. The summed E-state index contributed by atoms with van der Waals surface area (Å²) < 4.78 is 5.31. The third-order valence-corrected chi connectivity index (χ3v) is 5.10. The van der Waals surface area contributed by atoms with Crippen molar-refractivity contribution in [3.8, 4) is 0 Å². The number of aryl methyl sites for hydroxylation is 2. The first-order chi connectivity index (χ1) is 11.7. The van der Waals surface area contributed by atoms with E-state index in [4.69, 9.17) is 4.52 Å². The van der Waals surface area contributed by atoms with E-state index in [9.17, 15) is 4.79 Å². The van der Waals surface area contributed by atoms with Crippen molar-refractivity contribution < 1.29 is 9.32 Å². The fraction of sp³-hybridized carbons (Fsp3) is 0.278. The van der Waals surface area contributed by atoms with Crippen LogP contribution in [0.5, 0.6) is 0 Å². The summed E-state index contributed by atoms with van der Waals surface area (Å²) in [4.78, 5) is 18.7. The Hall–Kier alpha value is -2.34. The van der Waals surface area contributed by atoms with E-state index in [-0.39, 0.29) is 5.91 Å². The molecular formula is C18H17N3O2S. The Morgan fingerprint density at radius 1 is 1.33 bits per heavy atom. The first-order valence-corrected chi connectivity index (χ1v) is 9.13. The fourth-order valence-corrected chi connectivity index (χ4v) is 3.72. The van der Waals surface area contributed by atoms with Gasteiger partial charge in [0.15, 0.2) is 0 Å². The molecule has 0 unspecified atom stereocenters. The summed E-state index contributed by atoms with van der Waals surface area (Å²) in [6.07, 6.45) is 4.79. The van der Waals surface area contributed by atoms with Gasteiger partial charge in [-0.3, -0.25) is 4.79 Å². The normalized spacial score (nSPS) is 13.2. The Labute approximate surface area is 143 Å². The Bertz CT molecular complexity index is 949. The lowest BCUT2D eigenvalue weighted by Crippen LogP contribution is -2.15. The molecule has 0 atom stereocenters. The maximum atomic E-state index is 13.0. The summed E-state index contributed by atoms with van der Waals surface area (Å²) in [6.45, 7) is 1.85. The molecular weight excluding hydrogens is 322 g/mol. The Kier molecular flexibility index (Phi) is 3.76. The lowest BCUT2D eigenvalue weighted by Gasteiger charge is -2.11. The summed E-state index contributed by atoms with van der Waals surface area (Å²) in [6, 6.07) is 7.84. The van der Waals surface area contributed by atoms with Crippen LogP contribution in [0, 0.1) is 6.92 Å². The number of rotatable bonds is 3. The summed E-state index contributed by atoms with van der Waals surface area (Å²) in [5, 5.41) is 7.75. The number of hydrogen-bond acceptors (Lipinski definition) is 5. The number of fused-ring (bicyclic) bond motifs is 2. The summed E-state index contributed by atoms with van der Waals surface area (Å²) in [5.74, 6) is -0.120. The second kappa shape index (κ2) is 5.94. The Morgan fingerprint density at radius 2 is 2.21 bits per heavy atom. The maximum absolute atomic E-state index is 13.0. The molecule has 4 rings (SSSR count). The highest BCUT2D eigenvalue weighted by Crippen LogP contribution is 2.32. The van der Waals surface area contributed by atoms with Crippen molar-refractivity contribution >= 4 is 34.5 Å². The van der Waals surface area contributed by atoms with Crippen LogP contribution < -0.4 is 5.32 Å². The van der Waals surface area contributed by atoms with Gasteiger partial charge in [0.1, 0.15) is 0 Å². The van der Waals surface area contributed by atoms with E-state index in [2.05, 4.69) is 15.5 Å². The highest BCUT2D eigenvalue weighted by atomic mass is 32.2. The lowest BCUT2D eigenvalue weighted by molar-refractivity contribution is 0.102. The van der Waals surface area contributed by atoms with Crippen molar-refractivity contribution in [2.75, 3.05) is 11.6 Å². The molecule has 5 nitrogen and oxygen atoms in total. The minimum absolute atomic E-state index is 0.120.